The molecular formula is C38H24O. The lowest BCUT2D eigenvalue weighted by molar-refractivity contribution is 0.670. The Balaban J connectivity index is 1.55. The molecule has 7 aromatic carbocycles. The molecule has 0 radical (unpaired) electrons. The zero-order chi connectivity index (χ0) is 35.3. The van der Waals surface area contributed by atoms with Crippen LogP contribution in [0.2, 0.25) is 0 Å². The topological polar surface area (TPSA) is 13.1 Å². The molecule has 0 bridgehead atoms. The molecule has 39 heavy (non-hydrogen) atoms. The number of fused-ring (bicyclic) bond motifs is 5. The van der Waals surface area contributed by atoms with E-state index in [-0.39, 0.29) is 51.2 Å². The van der Waals surface area contributed by atoms with E-state index < -0.39 is 53.9 Å². The quantitative estimate of drug-likeness (QED) is 0.217. The van der Waals surface area contributed by atoms with Gasteiger partial charge in [-0.1, -0.05) is 133 Å². The SMILES string of the molecule is [2H]c1c([2H])c([2H])c(-c2c([2H])c([2H])c([2H])c3c2oc2c([2H])c(-c4c5ccccc5c(-c5ccccc5)c5ccccc45)c([2H])c([2H])c23)c([2H])c1[2H]. The minimum absolute atomic E-state index is 0.0969. The molecule has 1 heterocycles. The number of benzene rings is 7. The summed E-state index contributed by atoms with van der Waals surface area (Å²) < 4.78 is 102. The highest BCUT2D eigenvalue weighted by Gasteiger charge is 2.18. The molecule has 1 heteroatoms. The highest BCUT2D eigenvalue weighted by Crippen LogP contribution is 2.45. The summed E-state index contributed by atoms with van der Waals surface area (Å²) in [5, 5.41) is 2.99. The normalized spacial score (nSPS) is 15.5. The first-order chi connectivity index (χ1) is 24.0. The molecule has 0 saturated heterocycles. The number of rotatable bonds is 3. The third kappa shape index (κ3) is 3.41. The van der Waals surface area contributed by atoms with Crippen LogP contribution in [0.15, 0.2) is 150 Å². The number of para-hydroxylation sites is 1. The van der Waals surface area contributed by atoms with Crippen molar-refractivity contribution in [2.75, 3.05) is 0 Å². The molecule has 1 nitrogen and oxygen atoms in total. The van der Waals surface area contributed by atoms with Gasteiger partial charge in [0.05, 0.1) is 15.1 Å². The number of furan rings is 1. The summed E-state index contributed by atoms with van der Waals surface area (Å²) in [7, 11) is 0. The molecule has 0 aliphatic rings. The zero-order valence-corrected chi connectivity index (χ0v) is 20.4. The second-order valence-corrected chi connectivity index (χ2v) is 9.22. The second-order valence-electron chi connectivity index (χ2n) is 9.22. The zero-order valence-electron chi connectivity index (χ0n) is 31.4. The standard InChI is InChI=1S/C38H24O/c1-3-12-25(13-4-1)28-20-11-21-34-29-23-22-27(24-35(29)39-38(28)34)37-32-18-9-7-16-30(32)36(26-14-5-2-6-15-26)31-17-8-10-19-33(31)37/h1-24H/i1D,3D,4D,11D,12D,13D,20D,21D,22D,23D,24D. The summed E-state index contributed by atoms with van der Waals surface area (Å²) in [6, 6.07) is 19.4. The van der Waals surface area contributed by atoms with Gasteiger partial charge in [0.2, 0.25) is 0 Å². The van der Waals surface area contributed by atoms with Gasteiger partial charge < -0.3 is 4.42 Å². The lowest BCUT2D eigenvalue weighted by Crippen LogP contribution is -1.90. The third-order valence-corrected chi connectivity index (χ3v) is 7.06. The van der Waals surface area contributed by atoms with Crippen LogP contribution in [0.3, 0.4) is 0 Å². The van der Waals surface area contributed by atoms with E-state index in [4.69, 9.17) is 15.4 Å². The smallest absolute Gasteiger partial charge is 0.143 e. The maximum absolute atomic E-state index is 9.54. The molecule has 0 N–H and O–H groups in total. The van der Waals surface area contributed by atoms with Gasteiger partial charge >= 0.3 is 0 Å². The average molecular weight is 508 g/mol. The Morgan fingerprint density at radius 3 is 1.72 bits per heavy atom. The Morgan fingerprint density at radius 1 is 0.436 bits per heavy atom. The van der Waals surface area contributed by atoms with Gasteiger partial charge in [0.25, 0.3) is 0 Å². The summed E-state index contributed by atoms with van der Waals surface area (Å²) in [6.45, 7) is 0. The molecule has 0 unspecified atom stereocenters. The van der Waals surface area contributed by atoms with E-state index in [1.165, 1.54) is 0 Å². The van der Waals surface area contributed by atoms with Crippen molar-refractivity contribution in [3.63, 3.8) is 0 Å². The molecule has 0 aliphatic heterocycles. The van der Waals surface area contributed by atoms with Gasteiger partial charge in [-0.2, -0.15) is 0 Å². The maximum atomic E-state index is 9.54. The summed E-state index contributed by atoms with van der Waals surface area (Å²) in [6.07, 6.45) is 0. The Labute approximate surface area is 242 Å². The molecule has 8 aromatic rings. The molecule has 0 spiro atoms. The monoisotopic (exact) mass is 507 g/mol. The molecule has 0 atom stereocenters. The van der Waals surface area contributed by atoms with Crippen LogP contribution >= 0.6 is 0 Å². The van der Waals surface area contributed by atoms with Crippen molar-refractivity contribution in [3.8, 4) is 33.4 Å². The predicted octanol–water partition coefficient (Wildman–Crippen LogP) is 10.9. The molecule has 8 rings (SSSR count). The van der Waals surface area contributed by atoms with Crippen molar-refractivity contribution in [2.24, 2.45) is 0 Å². The van der Waals surface area contributed by atoms with Crippen molar-refractivity contribution in [1.29, 1.82) is 0 Å². The van der Waals surface area contributed by atoms with Gasteiger partial charge in [-0.15, -0.1) is 0 Å². The van der Waals surface area contributed by atoms with Crippen molar-refractivity contribution < 1.29 is 19.5 Å². The van der Waals surface area contributed by atoms with Crippen molar-refractivity contribution in [1.82, 2.24) is 0 Å². The fraction of sp³-hybridized carbons (Fsp3) is 0. The van der Waals surface area contributed by atoms with Crippen molar-refractivity contribution >= 4 is 43.5 Å². The Morgan fingerprint density at radius 2 is 1.05 bits per heavy atom. The summed E-state index contributed by atoms with van der Waals surface area (Å²) in [4.78, 5) is 0. The average Bonchev–Trinajstić information content (AvgIpc) is 3.54. The molecule has 0 aliphatic carbocycles. The summed E-state index contributed by atoms with van der Waals surface area (Å²) in [5.41, 5.74) is 1.46. The van der Waals surface area contributed by atoms with E-state index >= 15 is 0 Å². The Hall–Kier alpha value is -5.14. The fourth-order valence-electron chi connectivity index (χ4n) is 5.41. The number of hydrogen-bond acceptors (Lipinski definition) is 1. The number of hydrogen-bond donors (Lipinski definition) is 0. The van der Waals surface area contributed by atoms with Gasteiger partial charge in [-0.05, 0) is 61.4 Å². The van der Waals surface area contributed by atoms with Crippen LogP contribution < -0.4 is 0 Å². The highest BCUT2D eigenvalue weighted by atomic mass is 16.3. The van der Waals surface area contributed by atoms with E-state index in [0.29, 0.717) is 5.56 Å². The minimum atomic E-state index is -0.651. The minimum Gasteiger partial charge on any atom is -0.455 e. The first-order valence-electron chi connectivity index (χ1n) is 18.0. The molecule has 0 fully saturated rings. The van der Waals surface area contributed by atoms with Crippen LogP contribution in [0.5, 0.6) is 0 Å². The van der Waals surface area contributed by atoms with Gasteiger partial charge in [-0.25, -0.2) is 0 Å². The second kappa shape index (κ2) is 8.72. The third-order valence-electron chi connectivity index (χ3n) is 7.06. The molecular weight excluding hydrogens is 472 g/mol. The lowest BCUT2D eigenvalue weighted by Gasteiger charge is -2.17. The van der Waals surface area contributed by atoms with Crippen LogP contribution in [-0.4, -0.2) is 0 Å². The maximum Gasteiger partial charge on any atom is 0.143 e. The first-order valence-corrected chi connectivity index (χ1v) is 12.5. The first kappa shape index (κ1) is 13.6. The largest absolute Gasteiger partial charge is 0.455 e. The van der Waals surface area contributed by atoms with Crippen LogP contribution in [0.25, 0.3) is 76.9 Å². The van der Waals surface area contributed by atoms with Crippen LogP contribution in [-0.2, 0) is 0 Å². The van der Waals surface area contributed by atoms with Gasteiger partial charge in [0.1, 0.15) is 11.2 Å². The molecule has 1 aromatic heterocycles. The lowest BCUT2D eigenvalue weighted by atomic mass is 9.86. The highest BCUT2D eigenvalue weighted by molar-refractivity contribution is 6.22. The van der Waals surface area contributed by atoms with Gasteiger partial charge in [0, 0.05) is 16.3 Å². The summed E-state index contributed by atoms with van der Waals surface area (Å²) >= 11 is 0. The Bertz CT molecular complexity index is 2680. The van der Waals surface area contributed by atoms with Crippen LogP contribution in [0.4, 0.5) is 0 Å². The Kier molecular flexibility index (Phi) is 3.04. The molecule has 182 valence electrons. The predicted molar refractivity (Wildman–Crippen MR) is 165 cm³/mol. The molecule has 0 amide bonds. The van der Waals surface area contributed by atoms with E-state index in [1.54, 1.807) is 0 Å². The van der Waals surface area contributed by atoms with E-state index in [2.05, 4.69) is 0 Å². The van der Waals surface area contributed by atoms with E-state index in [0.717, 1.165) is 32.7 Å². The van der Waals surface area contributed by atoms with E-state index in [1.807, 2.05) is 78.9 Å². The van der Waals surface area contributed by atoms with Crippen molar-refractivity contribution in [3.05, 3.63) is 145 Å². The summed E-state index contributed by atoms with van der Waals surface area (Å²) in [5.74, 6) is 0. The fourth-order valence-corrected chi connectivity index (χ4v) is 5.41. The van der Waals surface area contributed by atoms with E-state index in [9.17, 15) is 4.11 Å². The molecule has 0 saturated carbocycles. The van der Waals surface area contributed by atoms with Crippen molar-refractivity contribution in [2.45, 2.75) is 0 Å². The van der Waals surface area contributed by atoms with Crippen LogP contribution in [0.1, 0.15) is 15.1 Å². The van der Waals surface area contributed by atoms with Gasteiger partial charge in [-0.3, -0.25) is 0 Å². The van der Waals surface area contributed by atoms with Crippen LogP contribution in [0, 0.1) is 0 Å². The van der Waals surface area contributed by atoms with Gasteiger partial charge in [0.15, 0.2) is 0 Å².